The number of nitrogens with one attached hydrogen (secondary N) is 1. The van der Waals surface area contributed by atoms with Gasteiger partial charge in [0.1, 0.15) is 0 Å². The van der Waals surface area contributed by atoms with Crippen molar-refractivity contribution in [3.05, 3.63) is 30.1 Å². The molecule has 2 fully saturated rings. The molecule has 0 spiro atoms. The zero-order valence-corrected chi connectivity index (χ0v) is 12.2. The van der Waals surface area contributed by atoms with Gasteiger partial charge in [-0.3, -0.25) is 9.88 Å². The predicted octanol–water partition coefficient (Wildman–Crippen LogP) is 2.64. The molecule has 1 N–H and O–H groups in total. The standard InChI is InChI=1S/C15H23N3.ClH/c1-2-15(14-5-9-17-10-6-14)18(11-1)12-13-3-7-16-8-4-13;/h5-6,9-10,13,15-16H,1-4,7-8,11-12H2;1H. The third kappa shape index (κ3) is 3.68. The second kappa shape index (κ2) is 7.22. The number of hydrogen-bond acceptors (Lipinski definition) is 3. The van der Waals surface area contributed by atoms with Gasteiger partial charge in [0.25, 0.3) is 0 Å². The summed E-state index contributed by atoms with van der Waals surface area (Å²) in [6.45, 7) is 4.97. The van der Waals surface area contributed by atoms with E-state index in [9.17, 15) is 0 Å². The van der Waals surface area contributed by atoms with Crippen LogP contribution in [0, 0.1) is 5.92 Å². The van der Waals surface area contributed by atoms with E-state index >= 15 is 0 Å². The lowest BCUT2D eigenvalue weighted by Gasteiger charge is -2.31. The van der Waals surface area contributed by atoms with Crippen molar-refractivity contribution in [2.24, 2.45) is 5.92 Å². The molecule has 3 rings (SSSR count). The molecule has 1 aromatic rings. The Morgan fingerprint density at radius 2 is 1.89 bits per heavy atom. The number of halogens is 1. The first-order valence-electron chi connectivity index (χ1n) is 7.28. The Labute approximate surface area is 122 Å². The molecule has 0 amide bonds. The van der Waals surface area contributed by atoms with Crippen molar-refractivity contribution in [2.75, 3.05) is 26.2 Å². The van der Waals surface area contributed by atoms with E-state index in [1.54, 1.807) is 0 Å². The van der Waals surface area contributed by atoms with Gasteiger partial charge in [0.2, 0.25) is 0 Å². The van der Waals surface area contributed by atoms with Gasteiger partial charge in [0, 0.05) is 25.0 Å². The molecule has 4 heteroatoms. The van der Waals surface area contributed by atoms with E-state index < -0.39 is 0 Å². The molecule has 106 valence electrons. The van der Waals surface area contributed by atoms with Gasteiger partial charge in [-0.2, -0.15) is 0 Å². The molecule has 0 aliphatic carbocycles. The van der Waals surface area contributed by atoms with E-state index in [0.717, 1.165) is 5.92 Å². The van der Waals surface area contributed by atoms with E-state index in [1.165, 1.54) is 57.4 Å². The highest BCUT2D eigenvalue weighted by Gasteiger charge is 2.28. The Morgan fingerprint density at radius 3 is 2.63 bits per heavy atom. The van der Waals surface area contributed by atoms with Crippen molar-refractivity contribution in [1.82, 2.24) is 15.2 Å². The van der Waals surface area contributed by atoms with Crippen molar-refractivity contribution >= 4 is 12.4 Å². The molecule has 1 unspecified atom stereocenters. The van der Waals surface area contributed by atoms with E-state index in [0.29, 0.717) is 6.04 Å². The molecule has 2 aliphatic heterocycles. The first-order chi connectivity index (χ1) is 8.93. The number of piperidine rings is 1. The zero-order chi connectivity index (χ0) is 12.2. The minimum Gasteiger partial charge on any atom is -0.317 e. The Morgan fingerprint density at radius 1 is 1.16 bits per heavy atom. The van der Waals surface area contributed by atoms with Gasteiger partial charge < -0.3 is 5.32 Å². The highest BCUT2D eigenvalue weighted by molar-refractivity contribution is 5.85. The van der Waals surface area contributed by atoms with Gasteiger partial charge in [-0.1, -0.05) is 0 Å². The normalized spacial score (nSPS) is 25.2. The SMILES string of the molecule is Cl.c1cc(C2CCCN2CC2CCNCC2)ccn1. The maximum Gasteiger partial charge on any atom is 0.0349 e. The minimum atomic E-state index is 0. The summed E-state index contributed by atoms with van der Waals surface area (Å²) in [5.74, 6) is 0.897. The molecule has 19 heavy (non-hydrogen) atoms. The van der Waals surface area contributed by atoms with Gasteiger partial charge in [-0.25, -0.2) is 0 Å². The highest BCUT2D eigenvalue weighted by atomic mass is 35.5. The Kier molecular flexibility index (Phi) is 5.61. The fourth-order valence-electron chi connectivity index (χ4n) is 3.40. The summed E-state index contributed by atoms with van der Waals surface area (Å²) in [5, 5.41) is 3.46. The van der Waals surface area contributed by atoms with Crippen LogP contribution in [0.15, 0.2) is 24.5 Å². The van der Waals surface area contributed by atoms with Gasteiger partial charge in [-0.05, 0) is 68.9 Å². The predicted molar refractivity (Wildman–Crippen MR) is 80.6 cm³/mol. The molecule has 0 radical (unpaired) electrons. The minimum absolute atomic E-state index is 0. The third-order valence-electron chi connectivity index (χ3n) is 4.41. The van der Waals surface area contributed by atoms with Crippen LogP contribution in [0.5, 0.6) is 0 Å². The number of nitrogens with zero attached hydrogens (tertiary/aromatic N) is 2. The van der Waals surface area contributed by atoms with Gasteiger partial charge in [-0.15, -0.1) is 12.4 Å². The summed E-state index contributed by atoms with van der Waals surface area (Å²) < 4.78 is 0. The lowest BCUT2D eigenvalue weighted by molar-refractivity contribution is 0.193. The average molecular weight is 282 g/mol. The molecular weight excluding hydrogens is 258 g/mol. The van der Waals surface area contributed by atoms with E-state index in [4.69, 9.17) is 0 Å². The number of aromatic nitrogens is 1. The molecule has 3 nitrogen and oxygen atoms in total. The molecule has 1 aromatic heterocycles. The summed E-state index contributed by atoms with van der Waals surface area (Å²) >= 11 is 0. The van der Waals surface area contributed by atoms with Crippen LogP contribution in [0.4, 0.5) is 0 Å². The van der Waals surface area contributed by atoms with Crippen LogP contribution in [0.3, 0.4) is 0 Å². The largest absolute Gasteiger partial charge is 0.317 e. The summed E-state index contributed by atoms with van der Waals surface area (Å²) in [6.07, 6.45) is 9.21. The van der Waals surface area contributed by atoms with Crippen LogP contribution in [0.25, 0.3) is 0 Å². The Bertz CT molecular complexity index is 365. The van der Waals surface area contributed by atoms with Crippen molar-refractivity contribution in [3.8, 4) is 0 Å². The van der Waals surface area contributed by atoms with Crippen LogP contribution >= 0.6 is 12.4 Å². The van der Waals surface area contributed by atoms with E-state index in [1.807, 2.05) is 12.4 Å². The molecule has 2 aliphatic rings. The van der Waals surface area contributed by atoms with Crippen molar-refractivity contribution in [3.63, 3.8) is 0 Å². The molecule has 1 atom stereocenters. The summed E-state index contributed by atoms with van der Waals surface area (Å²) in [7, 11) is 0. The summed E-state index contributed by atoms with van der Waals surface area (Å²) in [5.41, 5.74) is 1.46. The smallest absolute Gasteiger partial charge is 0.0349 e. The summed E-state index contributed by atoms with van der Waals surface area (Å²) in [4.78, 5) is 6.83. The monoisotopic (exact) mass is 281 g/mol. The number of hydrogen-bond donors (Lipinski definition) is 1. The summed E-state index contributed by atoms with van der Waals surface area (Å²) in [6, 6.07) is 5.01. The lowest BCUT2D eigenvalue weighted by atomic mass is 9.96. The fourth-order valence-corrected chi connectivity index (χ4v) is 3.40. The molecule has 0 bridgehead atoms. The topological polar surface area (TPSA) is 28.2 Å². The molecular formula is C15H24ClN3. The molecule has 2 saturated heterocycles. The second-order valence-corrected chi connectivity index (χ2v) is 5.63. The van der Waals surface area contributed by atoms with Crippen molar-refractivity contribution in [1.29, 1.82) is 0 Å². The first-order valence-corrected chi connectivity index (χ1v) is 7.28. The van der Waals surface area contributed by atoms with Crippen LogP contribution in [-0.2, 0) is 0 Å². The highest BCUT2D eigenvalue weighted by Crippen LogP contribution is 2.32. The maximum atomic E-state index is 4.13. The number of pyridine rings is 1. The van der Waals surface area contributed by atoms with Crippen molar-refractivity contribution < 1.29 is 0 Å². The first kappa shape index (κ1) is 14.8. The Hall–Kier alpha value is -0.640. The van der Waals surface area contributed by atoms with Crippen LogP contribution in [0.2, 0.25) is 0 Å². The maximum absolute atomic E-state index is 4.13. The molecule has 0 saturated carbocycles. The lowest BCUT2D eigenvalue weighted by Crippen LogP contribution is -2.36. The van der Waals surface area contributed by atoms with Crippen molar-refractivity contribution in [2.45, 2.75) is 31.7 Å². The second-order valence-electron chi connectivity index (χ2n) is 5.63. The van der Waals surface area contributed by atoms with Crippen LogP contribution in [-0.4, -0.2) is 36.1 Å². The van der Waals surface area contributed by atoms with Crippen LogP contribution in [0.1, 0.15) is 37.3 Å². The van der Waals surface area contributed by atoms with Gasteiger partial charge in [0.15, 0.2) is 0 Å². The van der Waals surface area contributed by atoms with Gasteiger partial charge in [0.05, 0.1) is 0 Å². The van der Waals surface area contributed by atoms with Crippen LogP contribution < -0.4 is 5.32 Å². The average Bonchev–Trinajstić information content (AvgIpc) is 2.89. The zero-order valence-electron chi connectivity index (χ0n) is 11.4. The third-order valence-corrected chi connectivity index (χ3v) is 4.41. The molecule has 3 heterocycles. The van der Waals surface area contributed by atoms with E-state index in [2.05, 4.69) is 27.3 Å². The Balaban J connectivity index is 0.00000133. The fraction of sp³-hybridized carbons (Fsp3) is 0.667. The number of rotatable bonds is 3. The number of likely N-dealkylation sites (tertiary alicyclic amines) is 1. The quantitative estimate of drug-likeness (QED) is 0.923. The molecule has 0 aromatic carbocycles. The van der Waals surface area contributed by atoms with Gasteiger partial charge >= 0.3 is 0 Å². The van der Waals surface area contributed by atoms with E-state index in [-0.39, 0.29) is 12.4 Å².